The van der Waals surface area contributed by atoms with Gasteiger partial charge in [0.15, 0.2) is 0 Å². The molecular weight excluding hydrogens is 232 g/mol. The van der Waals surface area contributed by atoms with Crippen molar-refractivity contribution in [2.75, 3.05) is 6.54 Å². The summed E-state index contributed by atoms with van der Waals surface area (Å²) in [7, 11) is 0. The number of nitrogens with zero attached hydrogens (tertiary/aromatic N) is 2. The summed E-state index contributed by atoms with van der Waals surface area (Å²) in [4.78, 5) is 28.6. The highest BCUT2D eigenvalue weighted by Crippen LogP contribution is 1.91. The fraction of sp³-hybridized carbons (Fsp3) is 0.250. The Balaban J connectivity index is 1.82. The molecule has 0 unspecified atom stereocenters. The SMILES string of the molecule is O=c1ccn(CCNCc2ccccn2)c(=O)[nH]1. The van der Waals surface area contributed by atoms with Gasteiger partial charge in [-0.2, -0.15) is 0 Å². The fourth-order valence-corrected chi connectivity index (χ4v) is 1.54. The van der Waals surface area contributed by atoms with Crippen LogP contribution in [0.2, 0.25) is 0 Å². The fourth-order valence-electron chi connectivity index (χ4n) is 1.54. The standard InChI is InChI=1S/C12H14N4O2/c17-11-4-7-16(12(18)15-11)8-6-13-9-10-3-1-2-5-14-10/h1-5,7,13H,6,8-9H2,(H,15,17,18). The highest BCUT2D eigenvalue weighted by atomic mass is 16.2. The third kappa shape index (κ3) is 3.39. The quantitative estimate of drug-likeness (QED) is 0.711. The Labute approximate surface area is 103 Å². The molecule has 2 rings (SSSR count). The van der Waals surface area contributed by atoms with E-state index in [0.29, 0.717) is 19.6 Å². The summed E-state index contributed by atoms with van der Waals surface area (Å²) in [6.07, 6.45) is 3.23. The number of aromatic amines is 1. The zero-order valence-electron chi connectivity index (χ0n) is 9.80. The monoisotopic (exact) mass is 246 g/mol. The first-order valence-corrected chi connectivity index (χ1v) is 5.66. The Morgan fingerprint density at radius 3 is 2.89 bits per heavy atom. The molecule has 0 spiro atoms. The van der Waals surface area contributed by atoms with Crippen LogP contribution in [-0.4, -0.2) is 21.1 Å². The molecule has 0 amide bonds. The van der Waals surface area contributed by atoms with Gasteiger partial charge in [-0.05, 0) is 12.1 Å². The zero-order valence-corrected chi connectivity index (χ0v) is 9.80. The molecule has 0 aliphatic carbocycles. The van der Waals surface area contributed by atoms with E-state index >= 15 is 0 Å². The van der Waals surface area contributed by atoms with Gasteiger partial charge in [0.05, 0.1) is 5.69 Å². The molecule has 0 fully saturated rings. The summed E-state index contributed by atoms with van der Waals surface area (Å²) in [5.41, 5.74) is 0.186. The van der Waals surface area contributed by atoms with Crippen molar-refractivity contribution in [2.45, 2.75) is 13.1 Å². The van der Waals surface area contributed by atoms with Crippen LogP contribution in [0.4, 0.5) is 0 Å². The molecule has 2 heterocycles. The van der Waals surface area contributed by atoms with Gasteiger partial charge in [-0.25, -0.2) is 4.79 Å². The highest BCUT2D eigenvalue weighted by molar-refractivity contribution is 5.02. The van der Waals surface area contributed by atoms with Gasteiger partial charge in [-0.3, -0.25) is 19.3 Å². The summed E-state index contributed by atoms with van der Waals surface area (Å²) in [5.74, 6) is 0. The summed E-state index contributed by atoms with van der Waals surface area (Å²) < 4.78 is 1.45. The van der Waals surface area contributed by atoms with Crippen molar-refractivity contribution < 1.29 is 0 Å². The van der Waals surface area contributed by atoms with E-state index in [4.69, 9.17) is 0 Å². The number of pyridine rings is 1. The molecule has 0 bridgehead atoms. The van der Waals surface area contributed by atoms with E-state index in [-0.39, 0.29) is 11.2 Å². The Hall–Kier alpha value is -2.21. The maximum atomic E-state index is 11.4. The van der Waals surface area contributed by atoms with Crippen molar-refractivity contribution in [2.24, 2.45) is 0 Å². The minimum Gasteiger partial charge on any atom is -0.309 e. The maximum absolute atomic E-state index is 11.4. The molecule has 0 saturated heterocycles. The van der Waals surface area contributed by atoms with E-state index in [2.05, 4.69) is 15.3 Å². The normalized spacial score (nSPS) is 10.4. The van der Waals surface area contributed by atoms with Crippen LogP contribution in [0.1, 0.15) is 5.69 Å². The van der Waals surface area contributed by atoms with Crippen LogP contribution < -0.4 is 16.6 Å². The molecule has 6 heteroatoms. The van der Waals surface area contributed by atoms with Crippen molar-refractivity contribution in [3.63, 3.8) is 0 Å². The minimum absolute atomic E-state index is 0.377. The van der Waals surface area contributed by atoms with Crippen molar-refractivity contribution in [1.82, 2.24) is 19.9 Å². The van der Waals surface area contributed by atoms with Gasteiger partial charge in [0.1, 0.15) is 0 Å². The third-order valence-corrected chi connectivity index (χ3v) is 2.46. The summed E-state index contributed by atoms with van der Waals surface area (Å²) >= 11 is 0. The molecule has 18 heavy (non-hydrogen) atoms. The van der Waals surface area contributed by atoms with E-state index < -0.39 is 0 Å². The lowest BCUT2D eigenvalue weighted by Crippen LogP contribution is -2.31. The number of hydrogen-bond acceptors (Lipinski definition) is 4. The molecular formula is C12H14N4O2. The van der Waals surface area contributed by atoms with Crippen LogP contribution in [0.5, 0.6) is 0 Å². The van der Waals surface area contributed by atoms with Crippen LogP contribution in [-0.2, 0) is 13.1 Å². The molecule has 2 N–H and O–H groups in total. The van der Waals surface area contributed by atoms with Crippen molar-refractivity contribution in [3.05, 3.63) is 63.2 Å². The van der Waals surface area contributed by atoms with Crippen molar-refractivity contribution in [1.29, 1.82) is 0 Å². The second-order valence-corrected chi connectivity index (χ2v) is 3.80. The van der Waals surface area contributed by atoms with Gasteiger partial charge in [-0.15, -0.1) is 0 Å². The number of aromatic nitrogens is 3. The molecule has 94 valence electrons. The number of nitrogens with one attached hydrogen (secondary N) is 2. The van der Waals surface area contributed by atoms with Crippen LogP contribution in [0.15, 0.2) is 46.2 Å². The predicted molar refractivity (Wildman–Crippen MR) is 67.3 cm³/mol. The maximum Gasteiger partial charge on any atom is 0.328 e. The highest BCUT2D eigenvalue weighted by Gasteiger charge is 1.96. The molecule has 0 aliphatic heterocycles. The molecule has 0 atom stereocenters. The van der Waals surface area contributed by atoms with Crippen LogP contribution in [0, 0.1) is 0 Å². The molecule has 0 saturated carbocycles. The minimum atomic E-state index is -0.387. The van der Waals surface area contributed by atoms with Crippen molar-refractivity contribution >= 4 is 0 Å². The Morgan fingerprint density at radius 1 is 1.28 bits per heavy atom. The van der Waals surface area contributed by atoms with Gasteiger partial charge < -0.3 is 5.32 Å². The Morgan fingerprint density at radius 2 is 2.17 bits per heavy atom. The van der Waals surface area contributed by atoms with Crippen LogP contribution in [0.3, 0.4) is 0 Å². The van der Waals surface area contributed by atoms with Crippen LogP contribution in [0.25, 0.3) is 0 Å². The van der Waals surface area contributed by atoms with Gasteiger partial charge >= 0.3 is 5.69 Å². The first kappa shape index (κ1) is 12.3. The average Bonchev–Trinajstić information content (AvgIpc) is 2.38. The third-order valence-electron chi connectivity index (χ3n) is 2.46. The molecule has 0 aliphatic rings. The second kappa shape index (κ2) is 5.92. The lowest BCUT2D eigenvalue weighted by molar-refractivity contribution is 0.570. The summed E-state index contributed by atoms with van der Waals surface area (Å²) in [6.45, 7) is 1.78. The van der Waals surface area contributed by atoms with E-state index in [1.165, 1.54) is 16.8 Å². The zero-order chi connectivity index (χ0) is 12.8. The first-order chi connectivity index (χ1) is 8.75. The van der Waals surface area contributed by atoms with Gasteiger partial charge in [0.2, 0.25) is 0 Å². The largest absolute Gasteiger partial charge is 0.328 e. The summed E-state index contributed by atoms with van der Waals surface area (Å²) in [6, 6.07) is 7.05. The van der Waals surface area contributed by atoms with E-state index in [9.17, 15) is 9.59 Å². The van der Waals surface area contributed by atoms with Gasteiger partial charge in [0, 0.05) is 38.1 Å². The number of hydrogen-bond donors (Lipinski definition) is 2. The van der Waals surface area contributed by atoms with E-state index in [1.807, 2.05) is 18.2 Å². The Kier molecular flexibility index (Phi) is 4.03. The van der Waals surface area contributed by atoms with Gasteiger partial charge in [-0.1, -0.05) is 6.07 Å². The Bertz CT molecular complexity index is 603. The predicted octanol–water partition coefficient (Wildman–Crippen LogP) is -0.279. The van der Waals surface area contributed by atoms with Crippen molar-refractivity contribution in [3.8, 4) is 0 Å². The lowest BCUT2D eigenvalue weighted by atomic mass is 10.3. The molecule has 0 aromatic carbocycles. The first-order valence-electron chi connectivity index (χ1n) is 5.66. The van der Waals surface area contributed by atoms with E-state index in [0.717, 1.165) is 5.69 Å². The van der Waals surface area contributed by atoms with E-state index in [1.54, 1.807) is 6.20 Å². The number of H-pyrrole nitrogens is 1. The topological polar surface area (TPSA) is 79.8 Å². The smallest absolute Gasteiger partial charge is 0.309 e. The average molecular weight is 246 g/mol. The molecule has 6 nitrogen and oxygen atoms in total. The second-order valence-electron chi connectivity index (χ2n) is 3.80. The molecule has 0 radical (unpaired) electrons. The summed E-state index contributed by atoms with van der Waals surface area (Å²) in [5, 5.41) is 3.18. The molecule has 2 aromatic rings. The van der Waals surface area contributed by atoms with Gasteiger partial charge in [0.25, 0.3) is 5.56 Å². The number of rotatable bonds is 5. The molecule has 2 aromatic heterocycles. The lowest BCUT2D eigenvalue weighted by Gasteiger charge is -2.06. The van der Waals surface area contributed by atoms with Crippen LogP contribution >= 0.6 is 0 Å².